The Bertz CT molecular complexity index is 560. The Morgan fingerprint density at radius 2 is 1.68 bits per heavy atom. The van der Waals surface area contributed by atoms with E-state index in [0.717, 1.165) is 13.1 Å². The van der Waals surface area contributed by atoms with Crippen LogP contribution in [0.15, 0.2) is 0 Å². The van der Waals surface area contributed by atoms with Crippen molar-refractivity contribution >= 4 is 15.9 Å². The van der Waals surface area contributed by atoms with Crippen LogP contribution in [0.2, 0.25) is 0 Å². The molecule has 0 aromatic heterocycles. The van der Waals surface area contributed by atoms with Gasteiger partial charge in [-0.05, 0) is 40.5 Å². The normalized spacial score (nSPS) is 28.0. The highest BCUT2D eigenvalue weighted by Gasteiger charge is 2.34. The van der Waals surface area contributed by atoms with E-state index in [-0.39, 0.29) is 29.6 Å². The van der Waals surface area contributed by atoms with Crippen LogP contribution < -0.4 is 5.32 Å². The van der Waals surface area contributed by atoms with Crippen molar-refractivity contribution in [2.75, 3.05) is 39.0 Å². The van der Waals surface area contributed by atoms with Gasteiger partial charge in [0.15, 0.2) is 0 Å². The van der Waals surface area contributed by atoms with Gasteiger partial charge >= 0.3 is 0 Å². The molecular formula is C17H33N3O4S. The predicted octanol–water partition coefficient (Wildman–Crippen LogP) is 0.662. The molecule has 0 radical (unpaired) electrons. The van der Waals surface area contributed by atoms with Gasteiger partial charge in [0, 0.05) is 44.2 Å². The van der Waals surface area contributed by atoms with Crippen LogP contribution in [0.5, 0.6) is 0 Å². The standard InChI is InChI=1S/C17H33N3O4S/c1-13-10-19(11-14(2)24-13)17(3,4)12-18-16(21)15-6-8-20(9-7-15)25(5,22)23/h13-15H,6-12H2,1-5H3,(H,18,21). The van der Waals surface area contributed by atoms with Gasteiger partial charge in [0.25, 0.3) is 0 Å². The first-order valence-electron chi connectivity index (χ1n) is 9.12. The first-order chi connectivity index (χ1) is 11.5. The number of amides is 1. The monoisotopic (exact) mass is 375 g/mol. The fourth-order valence-corrected chi connectivity index (χ4v) is 4.56. The van der Waals surface area contributed by atoms with Crippen LogP contribution in [0.3, 0.4) is 0 Å². The van der Waals surface area contributed by atoms with Crippen molar-refractivity contribution < 1.29 is 17.9 Å². The van der Waals surface area contributed by atoms with Gasteiger partial charge in [0.05, 0.1) is 18.5 Å². The number of morpholine rings is 1. The van der Waals surface area contributed by atoms with E-state index in [1.165, 1.54) is 10.6 Å². The molecule has 0 spiro atoms. The van der Waals surface area contributed by atoms with Crippen LogP contribution in [0.25, 0.3) is 0 Å². The number of carbonyl (C=O) groups is 1. The van der Waals surface area contributed by atoms with Gasteiger partial charge in [0.2, 0.25) is 15.9 Å². The maximum atomic E-state index is 12.5. The Labute approximate surface area is 152 Å². The third-order valence-electron chi connectivity index (χ3n) is 5.26. The Hall–Kier alpha value is -0.700. The third-order valence-corrected chi connectivity index (χ3v) is 6.57. The summed E-state index contributed by atoms with van der Waals surface area (Å²) >= 11 is 0. The maximum absolute atomic E-state index is 12.5. The number of nitrogens with one attached hydrogen (secondary N) is 1. The number of hydrogen-bond donors (Lipinski definition) is 1. The Kier molecular flexibility index (Phi) is 6.51. The summed E-state index contributed by atoms with van der Waals surface area (Å²) in [6.45, 7) is 11.6. The van der Waals surface area contributed by atoms with E-state index < -0.39 is 10.0 Å². The zero-order valence-corrected chi connectivity index (χ0v) is 16.9. The van der Waals surface area contributed by atoms with E-state index >= 15 is 0 Å². The zero-order chi connectivity index (χ0) is 18.8. The molecule has 0 saturated carbocycles. The largest absolute Gasteiger partial charge is 0.373 e. The lowest BCUT2D eigenvalue weighted by Crippen LogP contribution is -2.59. The van der Waals surface area contributed by atoms with Crippen LogP contribution >= 0.6 is 0 Å². The molecule has 2 rings (SSSR count). The molecule has 1 N–H and O–H groups in total. The average molecular weight is 376 g/mol. The molecule has 0 bridgehead atoms. The minimum absolute atomic E-state index is 0.0376. The second-order valence-corrected chi connectivity index (χ2v) is 10.1. The smallest absolute Gasteiger partial charge is 0.223 e. The number of nitrogens with zero attached hydrogens (tertiary/aromatic N) is 2. The molecule has 2 heterocycles. The lowest BCUT2D eigenvalue weighted by atomic mass is 9.95. The summed E-state index contributed by atoms with van der Waals surface area (Å²) in [7, 11) is -3.15. The second kappa shape index (κ2) is 7.90. The first kappa shape index (κ1) is 20.6. The van der Waals surface area contributed by atoms with Crippen LogP contribution in [-0.4, -0.2) is 80.3 Å². The van der Waals surface area contributed by atoms with Gasteiger partial charge in [-0.3, -0.25) is 9.69 Å². The molecule has 8 heteroatoms. The molecule has 0 aromatic rings. The summed E-state index contributed by atoms with van der Waals surface area (Å²) in [6, 6.07) is 0. The summed E-state index contributed by atoms with van der Waals surface area (Å²) in [5, 5.41) is 3.08. The van der Waals surface area contributed by atoms with Gasteiger partial charge in [-0.2, -0.15) is 0 Å². The van der Waals surface area contributed by atoms with E-state index in [9.17, 15) is 13.2 Å². The summed E-state index contributed by atoms with van der Waals surface area (Å²) in [6.07, 6.45) is 2.79. The van der Waals surface area contributed by atoms with Crippen molar-refractivity contribution in [1.82, 2.24) is 14.5 Å². The van der Waals surface area contributed by atoms with Crippen molar-refractivity contribution in [3.05, 3.63) is 0 Å². The second-order valence-electron chi connectivity index (χ2n) is 8.13. The summed E-state index contributed by atoms with van der Waals surface area (Å²) in [5.41, 5.74) is -0.143. The number of ether oxygens (including phenoxy) is 1. The highest BCUT2D eigenvalue weighted by atomic mass is 32.2. The van der Waals surface area contributed by atoms with E-state index in [2.05, 4.69) is 37.9 Å². The fourth-order valence-electron chi connectivity index (χ4n) is 3.68. The molecule has 2 saturated heterocycles. The highest BCUT2D eigenvalue weighted by molar-refractivity contribution is 7.88. The highest BCUT2D eigenvalue weighted by Crippen LogP contribution is 2.22. The van der Waals surface area contributed by atoms with Gasteiger partial charge < -0.3 is 10.1 Å². The number of piperidine rings is 1. The third kappa shape index (κ3) is 5.64. The van der Waals surface area contributed by atoms with Crippen molar-refractivity contribution in [2.24, 2.45) is 5.92 Å². The lowest BCUT2D eigenvalue weighted by molar-refractivity contribution is -0.127. The predicted molar refractivity (Wildman–Crippen MR) is 97.8 cm³/mol. The van der Waals surface area contributed by atoms with Crippen molar-refractivity contribution in [3.8, 4) is 0 Å². The van der Waals surface area contributed by atoms with Crippen LogP contribution in [0.1, 0.15) is 40.5 Å². The molecule has 2 atom stereocenters. The topological polar surface area (TPSA) is 79.0 Å². The molecule has 25 heavy (non-hydrogen) atoms. The number of carbonyl (C=O) groups excluding carboxylic acids is 1. The molecule has 2 unspecified atom stereocenters. The molecule has 0 aliphatic carbocycles. The number of sulfonamides is 1. The molecular weight excluding hydrogens is 342 g/mol. The minimum Gasteiger partial charge on any atom is -0.373 e. The molecule has 7 nitrogen and oxygen atoms in total. The van der Waals surface area contributed by atoms with Crippen LogP contribution in [0.4, 0.5) is 0 Å². The Balaban J connectivity index is 1.83. The van der Waals surface area contributed by atoms with Gasteiger partial charge in [-0.15, -0.1) is 0 Å². The molecule has 2 aliphatic rings. The van der Waals surface area contributed by atoms with Crippen molar-refractivity contribution in [2.45, 2.75) is 58.3 Å². The lowest BCUT2D eigenvalue weighted by Gasteiger charge is -2.45. The minimum atomic E-state index is -3.15. The van der Waals surface area contributed by atoms with Gasteiger partial charge in [-0.25, -0.2) is 12.7 Å². The summed E-state index contributed by atoms with van der Waals surface area (Å²) in [4.78, 5) is 14.9. The van der Waals surface area contributed by atoms with Gasteiger partial charge in [0.1, 0.15) is 0 Å². The summed E-state index contributed by atoms with van der Waals surface area (Å²) in [5.74, 6) is -0.0630. The van der Waals surface area contributed by atoms with Crippen molar-refractivity contribution in [3.63, 3.8) is 0 Å². The van der Waals surface area contributed by atoms with Crippen LogP contribution in [-0.2, 0) is 19.6 Å². The SMILES string of the molecule is CC1CN(C(C)(C)CNC(=O)C2CCN(S(C)(=O)=O)CC2)CC(C)O1. The maximum Gasteiger partial charge on any atom is 0.223 e. The van der Waals surface area contributed by atoms with Crippen LogP contribution in [0, 0.1) is 5.92 Å². The molecule has 2 fully saturated rings. The van der Waals surface area contributed by atoms with Gasteiger partial charge in [-0.1, -0.05) is 0 Å². The van der Waals surface area contributed by atoms with E-state index in [0.29, 0.717) is 32.5 Å². The average Bonchev–Trinajstić information content (AvgIpc) is 2.51. The van der Waals surface area contributed by atoms with E-state index in [1.807, 2.05) is 0 Å². The Morgan fingerprint density at radius 1 is 1.16 bits per heavy atom. The zero-order valence-electron chi connectivity index (χ0n) is 16.1. The van der Waals surface area contributed by atoms with E-state index in [1.54, 1.807) is 0 Å². The molecule has 2 aliphatic heterocycles. The fraction of sp³-hybridized carbons (Fsp3) is 0.941. The first-order valence-corrected chi connectivity index (χ1v) is 11.0. The van der Waals surface area contributed by atoms with Crippen molar-refractivity contribution in [1.29, 1.82) is 0 Å². The Morgan fingerprint density at radius 3 is 2.16 bits per heavy atom. The number of hydrogen-bond acceptors (Lipinski definition) is 5. The van der Waals surface area contributed by atoms with E-state index in [4.69, 9.17) is 4.74 Å². The summed E-state index contributed by atoms with van der Waals surface area (Å²) < 4.78 is 30.4. The quantitative estimate of drug-likeness (QED) is 0.764. The molecule has 146 valence electrons. The molecule has 0 aromatic carbocycles. The molecule has 1 amide bonds. The number of rotatable bonds is 5.